The predicted molar refractivity (Wildman–Crippen MR) is 57.0 cm³/mol. The van der Waals surface area contributed by atoms with Gasteiger partial charge in [0.15, 0.2) is 0 Å². The van der Waals surface area contributed by atoms with Crippen molar-refractivity contribution in [3.63, 3.8) is 0 Å². The molecule has 0 fully saturated rings. The summed E-state index contributed by atoms with van der Waals surface area (Å²) in [5, 5.41) is 3.35. The predicted octanol–water partition coefficient (Wildman–Crippen LogP) is 1.71. The van der Waals surface area contributed by atoms with Gasteiger partial charge in [-0.15, -0.1) is 0 Å². The number of hydrogen-bond acceptors (Lipinski definition) is 3. The molecule has 3 heteroatoms. The van der Waals surface area contributed by atoms with Crippen LogP contribution in [0.15, 0.2) is 0 Å². The van der Waals surface area contributed by atoms with Crippen molar-refractivity contribution in [3.8, 4) is 0 Å². The van der Waals surface area contributed by atoms with E-state index < -0.39 is 0 Å². The number of ether oxygens (including phenoxy) is 1. The highest BCUT2D eigenvalue weighted by molar-refractivity contribution is 7.81. The molecule has 0 saturated carbocycles. The Morgan fingerprint density at radius 3 is 2.50 bits per heavy atom. The van der Waals surface area contributed by atoms with Gasteiger partial charge in [-0.25, -0.2) is 0 Å². The SMILES string of the molecule is COCCCCNCC(C)(C)S. The fraction of sp³-hybridized carbons (Fsp3) is 1.00. The van der Waals surface area contributed by atoms with E-state index in [9.17, 15) is 0 Å². The van der Waals surface area contributed by atoms with Crippen LogP contribution in [0.25, 0.3) is 0 Å². The first-order valence-electron chi connectivity index (χ1n) is 4.48. The van der Waals surface area contributed by atoms with Crippen molar-refractivity contribution in [3.05, 3.63) is 0 Å². The van der Waals surface area contributed by atoms with Crippen LogP contribution < -0.4 is 5.32 Å². The van der Waals surface area contributed by atoms with Gasteiger partial charge in [0.25, 0.3) is 0 Å². The van der Waals surface area contributed by atoms with E-state index in [0.29, 0.717) is 0 Å². The van der Waals surface area contributed by atoms with Crippen LogP contribution in [0.5, 0.6) is 0 Å². The molecule has 0 aliphatic heterocycles. The lowest BCUT2D eigenvalue weighted by molar-refractivity contribution is 0.192. The third kappa shape index (κ3) is 10.3. The Labute approximate surface area is 81.5 Å². The van der Waals surface area contributed by atoms with Crippen LogP contribution in [0.3, 0.4) is 0 Å². The second-order valence-corrected chi connectivity index (χ2v) is 4.90. The molecule has 0 amide bonds. The molecule has 0 saturated heterocycles. The number of rotatable bonds is 7. The minimum absolute atomic E-state index is 0.0985. The van der Waals surface area contributed by atoms with E-state index in [-0.39, 0.29) is 4.75 Å². The summed E-state index contributed by atoms with van der Waals surface area (Å²) < 4.78 is 5.04. The Morgan fingerprint density at radius 2 is 2.00 bits per heavy atom. The molecule has 74 valence electrons. The lowest BCUT2D eigenvalue weighted by Gasteiger charge is -2.17. The molecular formula is C9H21NOS. The fourth-order valence-electron chi connectivity index (χ4n) is 0.891. The molecular weight excluding hydrogens is 170 g/mol. The van der Waals surface area contributed by atoms with Crippen LogP contribution in [-0.4, -0.2) is 31.6 Å². The molecule has 12 heavy (non-hydrogen) atoms. The molecule has 2 nitrogen and oxygen atoms in total. The van der Waals surface area contributed by atoms with E-state index in [2.05, 4.69) is 31.8 Å². The molecule has 0 bridgehead atoms. The molecule has 1 N–H and O–H groups in total. The van der Waals surface area contributed by atoms with E-state index in [0.717, 1.165) is 26.1 Å². The molecule has 0 atom stereocenters. The summed E-state index contributed by atoms with van der Waals surface area (Å²) in [5.41, 5.74) is 0. The summed E-state index contributed by atoms with van der Waals surface area (Å²) in [6.45, 7) is 7.11. The van der Waals surface area contributed by atoms with Crippen molar-refractivity contribution in [2.45, 2.75) is 31.4 Å². The zero-order valence-electron chi connectivity index (χ0n) is 8.39. The van der Waals surface area contributed by atoms with Crippen LogP contribution in [0.1, 0.15) is 26.7 Å². The summed E-state index contributed by atoms with van der Waals surface area (Å²) in [6, 6.07) is 0. The smallest absolute Gasteiger partial charge is 0.0462 e. The average Bonchev–Trinajstić information content (AvgIpc) is 1.94. The van der Waals surface area contributed by atoms with Crippen LogP contribution in [0.4, 0.5) is 0 Å². The minimum Gasteiger partial charge on any atom is -0.385 e. The number of thiol groups is 1. The Morgan fingerprint density at radius 1 is 1.33 bits per heavy atom. The number of hydrogen-bond donors (Lipinski definition) is 2. The van der Waals surface area contributed by atoms with Crippen molar-refractivity contribution >= 4 is 12.6 Å². The molecule has 0 spiro atoms. The van der Waals surface area contributed by atoms with Crippen molar-refractivity contribution in [2.75, 3.05) is 26.8 Å². The molecule has 0 heterocycles. The van der Waals surface area contributed by atoms with Gasteiger partial charge in [-0.05, 0) is 33.2 Å². The molecule has 0 aliphatic rings. The molecule has 0 aliphatic carbocycles. The van der Waals surface area contributed by atoms with E-state index in [1.54, 1.807) is 7.11 Å². The Kier molecular flexibility index (Phi) is 6.90. The second kappa shape index (κ2) is 6.75. The third-order valence-electron chi connectivity index (χ3n) is 1.51. The van der Waals surface area contributed by atoms with E-state index in [4.69, 9.17) is 4.74 Å². The van der Waals surface area contributed by atoms with Gasteiger partial charge >= 0.3 is 0 Å². The van der Waals surface area contributed by atoms with Crippen LogP contribution in [0, 0.1) is 0 Å². The maximum atomic E-state index is 4.95. The normalized spacial score (nSPS) is 12.0. The van der Waals surface area contributed by atoms with Gasteiger partial charge in [0.2, 0.25) is 0 Å². The summed E-state index contributed by atoms with van der Waals surface area (Å²) in [5.74, 6) is 0. The number of nitrogens with one attached hydrogen (secondary N) is 1. The first kappa shape index (κ1) is 12.3. The lowest BCUT2D eigenvalue weighted by Crippen LogP contribution is -2.30. The van der Waals surface area contributed by atoms with Gasteiger partial charge < -0.3 is 10.1 Å². The van der Waals surface area contributed by atoms with Gasteiger partial charge in [0, 0.05) is 25.0 Å². The first-order chi connectivity index (χ1) is 5.56. The maximum Gasteiger partial charge on any atom is 0.0462 e. The summed E-state index contributed by atoms with van der Waals surface area (Å²) in [7, 11) is 1.74. The third-order valence-corrected chi connectivity index (χ3v) is 1.67. The Balaban J connectivity index is 3.01. The average molecular weight is 191 g/mol. The van der Waals surface area contributed by atoms with Gasteiger partial charge in [-0.1, -0.05) is 0 Å². The standard InChI is InChI=1S/C9H21NOS/c1-9(2,12)8-10-6-4-5-7-11-3/h10,12H,4-8H2,1-3H3. The highest BCUT2D eigenvalue weighted by Crippen LogP contribution is 2.08. The van der Waals surface area contributed by atoms with Crippen LogP contribution in [-0.2, 0) is 4.74 Å². The minimum atomic E-state index is 0.0985. The molecule has 0 radical (unpaired) electrons. The van der Waals surface area contributed by atoms with Crippen molar-refractivity contribution in [1.29, 1.82) is 0 Å². The molecule has 0 aromatic rings. The van der Waals surface area contributed by atoms with Gasteiger partial charge in [-0.3, -0.25) is 0 Å². The topological polar surface area (TPSA) is 21.3 Å². The monoisotopic (exact) mass is 191 g/mol. The van der Waals surface area contributed by atoms with Gasteiger partial charge in [0.05, 0.1) is 0 Å². The summed E-state index contributed by atoms with van der Waals surface area (Å²) >= 11 is 4.41. The highest BCUT2D eigenvalue weighted by atomic mass is 32.1. The zero-order chi connectivity index (χ0) is 9.45. The van der Waals surface area contributed by atoms with E-state index >= 15 is 0 Å². The quantitative estimate of drug-likeness (QED) is 0.472. The molecule has 0 unspecified atom stereocenters. The van der Waals surface area contributed by atoms with E-state index in [1.165, 1.54) is 6.42 Å². The largest absolute Gasteiger partial charge is 0.385 e. The fourth-order valence-corrected chi connectivity index (χ4v) is 1.00. The Hall–Kier alpha value is 0.270. The number of unbranched alkanes of at least 4 members (excludes halogenated alkanes) is 1. The molecule has 0 rings (SSSR count). The molecule has 0 aromatic carbocycles. The second-order valence-electron chi connectivity index (χ2n) is 3.69. The van der Waals surface area contributed by atoms with Crippen molar-refractivity contribution in [2.24, 2.45) is 0 Å². The van der Waals surface area contributed by atoms with Gasteiger partial charge in [0.1, 0.15) is 0 Å². The summed E-state index contributed by atoms with van der Waals surface area (Å²) in [6.07, 6.45) is 2.31. The van der Waals surface area contributed by atoms with Crippen molar-refractivity contribution < 1.29 is 4.74 Å². The van der Waals surface area contributed by atoms with Crippen LogP contribution >= 0.6 is 12.6 Å². The van der Waals surface area contributed by atoms with Crippen LogP contribution in [0.2, 0.25) is 0 Å². The number of methoxy groups -OCH3 is 1. The van der Waals surface area contributed by atoms with Crippen molar-refractivity contribution in [1.82, 2.24) is 5.32 Å². The Bertz CT molecular complexity index is 101. The van der Waals surface area contributed by atoms with E-state index in [1.807, 2.05) is 0 Å². The maximum absolute atomic E-state index is 4.95. The highest BCUT2D eigenvalue weighted by Gasteiger charge is 2.09. The first-order valence-corrected chi connectivity index (χ1v) is 4.93. The van der Waals surface area contributed by atoms with Gasteiger partial charge in [-0.2, -0.15) is 12.6 Å². The summed E-state index contributed by atoms with van der Waals surface area (Å²) in [4.78, 5) is 0. The zero-order valence-corrected chi connectivity index (χ0v) is 9.29. The lowest BCUT2D eigenvalue weighted by atomic mass is 10.2. The molecule has 0 aromatic heterocycles.